The van der Waals surface area contributed by atoms with E-state index >= 15 is 0 Å². The summed E-state index contributed by atoms with van der Waals surface area (Å²) in [5.74, 6) is -0.366. The Kier molecular flexibility index (Phi) is 2.67. The summed E-state index contributed by atoms with van der Waals surface area (Å²) >= 11 is 0. The quantitative estimate of drug-likeness (QED) is 0.683. The summed E-state index contributed by atoms with van der Waals surface area (Å²) in [4.78, 5) is 14.8. The number of Topliss-reactive ketones (excluding diaryl/α,β-unsaturated/α-hetero) is 1. The van der Waals surface area contributed by atoms with Crippen molar-refractivity contribution in [1.82, 2.24) is 4.98 Å². The predicted octanol–water partition coefficient (Wildman–Crippen LogP) is 4.18. The number of aromatic amines is 1. The number of benzene rings is 2. The number of carbonyl (C=O) groups excluding carboxylic acids is 1. The van der Waals surface area contributed by atoms with E-state index in [0.29, 0.717) is 5.69 Å². The lowest BCUT2D eigenvalue weighted by Gasteiger charge is -2.02. The third-order valence-electron chi connectivity index (χ3n) is 3.18. The highest BCUT2D eigenvalue weighted by atomic mass is 19.1. The molecule has 0 aliphatic heterocycles. The van der Waals surface area contributed by atoms with Crippen LogP contribution in [0.4, 0.5) is 4.39 Å². The average Bonchev–Trinajstić information content (AvgIpc) is 2.78. The molecule has 0 aliphatic carbocycles. The van der Waals surface area contributed by atoms with Crippen LogP contribution in [0.5, 0.6) is 0 Å². The van der Waals surface area contributed by atoms with Gasteiger partial charge in [0.1, 0.15) is 5.82 Å². The minimum absolute atomic E-state index is 0.0598. The van der Waals surface area contributed by atoms with Gasteiger partial charge < -0.3 is 4.98 Å². The Morgan fingerprint density at radius 1 is 1.11 bits per heavy atom. The van der Waals surface area contributed by atoms with E-state index in [-0.39, 0.29) is 11.6 Å². The summed E-state index contributed by atoms with van der Waals surface area (Å²) in [7, 11) is 0. The number of aromatic nitrogens is 1. The lowest BCUT2D eigenvalue weighted by Crippen LogP contribution is -1.94. The van der Waals surface area contributed by atoms with Crippen LogP contribution < -0.4 is 0 Å². The Labute approximate surface area is 109 Å². The smallest absolute Gasteiger partial charge is 0.176 e. The van der Waals surface area contributed by atoms with Gasteiger partial charge >= 0.3 is 0 Å². The van der Waals surface area contributed by atoms with Crippen LogP contribution in [0.1, 0.15) is 17.4 Å². The van der Waals surface area contributed by atoms with Gasteiger partial charge in [0.05, 0.1) is 5.69 Å². The zero-order valence-corrected chi connectivity index (χ0v) is 10.4. The number of hydrogen-bond acceptors (Lipinski definition) is 1. The second kappa shape index (κ2) is 4.35. The van der Waals surface area contributed by atoms with Gasteiger partial charge in [-0.25, -0.2) is 4.39 Å². The second-order valence-electron chi connectivity index (χ2n) is 4.49. The number of fused-ring (bicyclic) bond motifs is 1. The zero-order chi connectivity index (χ0) is 13.4. The molecular formula is C16H12FNO. The Hall–Kier alpha value is -2.42. The first-order valence-electron chi connectivity index (χ1n) is 6.04. The van der Waals surface area contributed by atoms with E-state index in [4.69, 9.17) is 0 Å². The average molecular weight is 253 g/mol. The minimum atomic E-state index is -0.307. The molecular weight excluding hydrogens is 241 g/mol. The Morgan fingerprint density at radius 2 is 1.84 bits per heavy atom. The van der Waals surface area contributed by atoms with Crippen molar-refractivity contribution in [2.75, 3.05) is 0 Å². The van der Waals surface area contributed by atoms with Gasteiger partial charge in [0.25, 0.3) is 0 Å². The maximum Gasteiger partial charge on any atom is 0.176 e. The van der Waals surface area contributed by atoms with E-state index in [1.165, 1.54) is 19.1 Å². The molecule has 0 aliphatic rings. The van der Waals surface area contributed by atoms with Crippen molar-refractivity contribution in [2.45, 2.75) is 6.92 Å². The van der Waals surface area contributed by atoms with Crippen LogP contribution in [0.15, 0.2) is 48.5 Å². The maximum absolute atomic E-state index is 13.4. The summed E-state index contributed by atoms with van der Waals surface area (Å²) in [5, 5.41) is 0.733. The van der Waals surface area contributed by atoms with E-state index in [1.54, 1.807) is 6.07 Å². The molecule has 3 rings (SSSR count). The van der Waals surface area contributed by atoms with Crippen molar-refractivity contribution in [3.63, 3.8) is 0 Å². The molecule has 1 aromatic heterocycles. The molecule has 94 valence electrons. The molecule has 3 heteroatoms. The monoisotopic (exact) mass is 253 g/mol. The molecule has 2 nitrogen and oxygen atoms in total. The SMILES string of the molecule is CC(=O)c1[nH]c2ccc(F)cc2c1-c1ccccc1. The second-order valence-corrected chi connectivity index (χ2v) is 4.49. The van der Waals surface area contributed by atoms with Crippen LogP contribution in [-0.2, 0) is 0 Å². The largest absolute Gasteiger partial charge is 0.352 e. The molecule has 0 amide bonds. The van der Waals surface area contributed by atoms with Crippen LogP contribution in [0, 0.1) is 5.82 Å². The van der Waals surface area contributed by atoms with Crippen LogP contribution in [0.2, 0.25) is 0 Å². The summed E-state index contributed by atoms with van der Waals surface area (Å²) < 4.78 is 13.4. The summed E-state index contributed by atoms with van der Waals surface area (Å²) in [6.45, 7) is 1.51. The fraction of sp³-hybridized carbons (Fsp3) is 0.0625. The summed E-state index contributed by atoms with van der Waals surface area (Å²) in [5.41, 5.74) is 2.96. The van der Waals surface area contributed by atoms with Crippen molar-refractivity contribution < 1.29 is 9.18 Å². The number of nitrogens with one attached hydrogen (secondary N) is 1. The Bertz CT molecular complexity index is 759. The Balaban J connectivity index is 2.40. The third kappa shape index (κ3) is 1.93. The van der Waals surface area contributed by atoms with Crippen molar-refractivity contribution >= 4 is 16.7 Å². The third-order valence-corrected chi connectivity index (χ3v) is 3.18. The number of carbonyl (C=O) groups is 1. The van der Waals surface area contributed by atoms with Crippen molar-refractivity contribution in [1.29, 1.82) is 0 Å². The van der Waals surface area contributed by atoms with Gasteiger partial charge in [-0.1, -0.05) is 30.3 Å². The summed E-state index contributed by atoms with van der Waals surface area (Å²) in [6.07, 6.45) is 0. The molecule has 0 unspecified atom stereocenters. The lowest BCUT2D eigenvalue weighted by atomic mass is 10.0. The van der Waals surface area contributed by atoms with Crippen LogP contribution in [0.25, 0.3) is 22.0 Å². The lowest BCUT2D eigenvalue weighted by molar-refractivity contribution is 0.101. The maximum atomic E-state index is 13.4. The molecule has 0 atom stereocenters. The van der Waals surface area contributed by atoms with E-state index in [2.05, 4.69) is 4.98 Å². The van der Waals surface area contributed by atoms with Gasteiger partial charge in [-0.15, -0.1) is 0 Å². The standard InChI is InChI=1S/C16H12FNO/c1-10(19)16-15(11-5-3-2-4-6-11)13-9-12(17)7-8-14(13)18-16/h2-9,18H,1H3. The predicted molar refractivity (Wildman–Crippen MR) is 73.7 cm³/mol. The molecule has 1 heterocycles. The first kappa shape index (κ1) is 11.7. The number of rotatable bonds is 2. The molecule has 2 aromatic carbocycles. The molecule has 19 heavy (non-hydrogen) atoms. The number of ketones is 1. The van der Waals surface area contributed by atoms with Gasteiger partial charge in [0, 0.05) is 23.4 Å². The zero-order valence-electron chi connectivity index (χ0n) is 10.4. The molecule has 0 spiro atoms. The number of H-pyrrole nitrogens is 1. The van der Waals surface area contributed by atoms with E-state index in [9.17, 15) is 9.18 Å². The van der Waals surface area contributed by atoms with E-state index in [1.807, 2.05) is 30.3 Å². The first-order chi connectivity index (χ1) is 9.16. The fourth-order valence-electron chi connectivity index (χ4n) is 2.33. The van der Waals surface area contributed by atoms with Gasteiger partial charge in [0.2, 0.25) is 0 Å². The van der Waals surface area contributed by atoms with Crippen molar-refractivity contribution in [3.05, 3.63) is 60.0 Å². The van der Waals surface area contributed by atoms with Crippen LogP contribution in [-0.4, -0.2) is 10.8 Å². The van der Waals surface area contributed by atoms with Gasteiger partial charge in [0.15, 0.2) is 5.78 Å². The van der Waals surface area contributed by atoms with E-state index in [0.717, 1.165) is 22.0 Å². The summed E-state index contributed by atoms with van der Waals surface area (Å²) in [6, 6.07) is 14.0. The fourth-order valence-corrected chi connectivity index (χ4v) is 2.33. The van der Waals surface area contributed by atoms with Gasteiger partial charge in [-0.3, -0.25) is 4.79 Å². The topological polar surface area (TPSA) is 32.9 Å². The van der Waals surface area contributed by atoms with Crippen LogP contribution in [0.3, 0.4) is 0 Å². The highest BCUT2D eigenvalue weighted by Crippen LogP contribution is 2.33. The molecule has 0 saturated carbocycles. The molecule has 0 fully saturated rings. The molecule has 3 aromatic rings. The van der Waals surface area contributed by atoms with Gasteiger partial charge in [-0.05, 0) is 23.8 Å². The minimum Gasteiger partial charge on any atom is -0.352 e. The number of halogens is 1. The molecule has 0 radical (unpaired) electrons. The Morgan fingerprint density at radius 3 is 2.53 bits per heavy atom. The first-order valence-corrected chi connectivity index (χ1v) is 6.04. The normalized spacial score (nSPS) is 10.8. The highest BCUT2D eigenvalue weighted by molar-refractivity contribution is 6.09. The molecule has 1 N–H and O–H groups in total. The van der Waals surface area contributed by atoms with Crippen molar-refractivity contribution in [2.24, 2.45) is 0 Å². The number of hydrogen-bond donors (Lipinski definition) is 1. The molecule has 0 bridgehead atoms. The van der Waals surface area contributed by atoms with Crippen LogP contribution >= 0.6 is 0 Å². The van der Waals surface area contributed by atoms with Crippen molar-refractivity contribution in [3.8, 4) is 11.1 Å². The van der Waals surface area contributed by atoms with Gasteiger partial charge in [-0.2, -0.15) is 0 Å². The highest BCUT2D eigenvalue weighted by Gasteiger charge is 2.16. The molecule has 0 saturated heterocycles. The van der Waals surface area contributed by atoms with E-state index < -0.39 is 0 Å².